The summed E-state index contributed by atoms with van der Waals surface area (Å²) in [6.45, 7) is 9.25. The molecule has 0 aromatic heterocycles. The second-order valence-corrected chi connectivity index (χ2v) is 5.53. The van der Waals surface area contributed by atoms with Crippen LogP contribution in [0, 0.1) is 0 Å². The van der Waals surface area contributed by atoms with E-state index in [1.165, 1.54) is 0 Å². The lowest BCUT2D eigenvalue weighted by Crippen LogP contribution is -2.11. The third kappa shape index (κ3) is 8.94. The van der Waals surface area contributed by atoms with Crippen molar-refractivity contribution in [2.75, 3.05) is 26.4 Å². The van der Waals surface area contributed by atoms with Crippen molar-refractivity contribution >= 4 is 13.8 Å². The van der Waals surface area contributed by atoms with Crippen molar-refractivity contribution in [3.8, 4) is 0 Å². The van der Waals surface area contributed by atoms with Gasteiger partial charge in [-0.3, -0.25) is 13.6 Å². The third-order valence-corrected chi connectivity index (χ3v) is 3.32. The van der Waals surface area contributed by atoms with Gasteiger partial charge < -0.3 is 4.74 Å². The molecule has 0 aliphatic rings. The first kappa shape index (κ1) is 18.3. The van der Waals surface area contributed by atoms with Crippen LogP contribution in [0.2, 0.25) is 0 Å². The second kappa shape index (κ2) is 10.1. The SMILES string of the molecule is C=C(C)C(=O)OCCOP(=O)(OCCC)OCCC. The molecule has 0 saturated heterocycles. The van der Waals surface area contributed by atoms with Crippen LogP contribution in [0.4, 0.5) is 0 Å². The van der Waals surface area contributed by atoms with Crippen LogP contribution < -0.4 is 0 Å². The standard InChI is InChI=1S/C12H23O6P/c1-5-7-16-19(14,17-8-6-2)18-10-9-15-12(13)11(3)4/h3,5-10H2,1-2,4H3. The zero-order chi connectivity index (χ0) is 14.7. The highest BCUT2D eigenvalue weighted by Crippen LogP contribution is 2.49. The molecule has 0 spiro atoms. The Morgan fingerprint density at radius 3 is 1.89 bits per heavy atom. The van der Waals surface area contributed by atoms with Gasteiger partial charge in [0.1, 0.15) is 6.61 Å². The van der Waals surface area contributed by atoms with Crippen LogP contribution in [0.5, 0.6) is 0 Å². The highest BCUT2D eigenvalue weighted by Gasteiger charge is 2.26. The Morgan fingerprint density at radius 1 is 1.00 bits per heavy atom. The van der Waals surface area contributed by atoms with Gasteiger partial charge in [-0.25, -0.2) is 9.36 Å². The summed E-state index contributed by atoms with van der Waals surface area (Å²) in [5.74, 6) is -0.512. The minimum atomic E-state index is -3.55. The molecule has 0 fully saturated rings. The minimum Gasteiger partial charge on any atom is -0.460 e. The molecule has 0 aliphatic carbocycles. The number of esters is 1. The summed E-state index contributed by atoms with van der Waals surface area (Å²) < 4.78 is 32.1. The lowest BCUT2D eigenvalue weighted by molar-refractivity contribution is -0.139. The molecular weight excluding hydrogens is 271 g/mol. The van der Waals surface area contributed by atoms with Gasteiger partial charge in [0.25, 0.3) is 0 Å². The van der Waals surface area contributed by atoms with E-state index in [4.69, 9.17) is 18.3 Å². The van der Waals surface area contributed by atoms with Gasteiger partial charge in [-0.1, -0.05) is 20.4 Å². The van der Waals surface area contributed by atoms with Crippen molar-refractivity contribution in [2.24, 2.45) is 0 Å². The van der Waals surface area contributed by atoms with Gasteiger partial charge >= 0.3 is 13.8 Å². The number of hydrogen-bond acceptors (Lipinski definition) is 6. The van der Waals surface area contributed by atoms with Gasteiger partial charge in [0, 0.05) is 5.57 Å². The lowest BCUT2D eigenvalue weighted by Gasteiger charge is -2.17. The number of phosphoric acid groups is 1. The van der Waals surface area contributed by atoms with Crippen LogP contribution in [0.3, 0.4) is 0 Å². The van der Waals surface area contributed by atoms with E-state index in [-0.39, 0.29) is 26.4 Å². The number of carbonyl (C=O) groups excluding carboxylic acids is 1. The number of rotatable bonds is 11. The molecule has 6 nitrogen and oxygen atoms in total. The molecule has 0 saturated carbocycles. The molecule has 112 valence electrons. The molecule has 7 heteroatoms. The van der Waals surface area contributed by atoms with Gasteiger partial charge in [-0.2, -0.15) is 0 Å². The van der Waals surface area contributed by atoms with Crippen molar-refractivity contribution in [3.05, 3.63) is 12.2 Å². The predicted octanol–water partition coefficient (Wildman–Crippen LogP) is 3.08. The first-order chi connectivity index (χ1) is 8.95. The maximum Gasteiger partial charge on any atom is 0.474 e. The first-order valence-corrected chi connectivity index (χ1v) is 7.77. The average Bonchev–Trinajstić information content (AvgIpc) is 2.39. The molecule has 0 radical (unpaired) electrons. The van der Waals surface area contributed by atoms with Gasteiger partial charge in [0.2, 0.25) is 0 Å². The van der Waals surface area contributed by atoms with Crippen LogP contribution >= 0.6 is 7.82 Å². The molecule has 0 N–H and O–H groups in total. The Hall–Kier alpha value is -0.680. The van der Waals surface area contributed by atoms with Crippen LogP contribution in [0.25, 0.3) is 0 Å². The highest BCUT2D eigenvalue weighted by atomic mass is 31.2. The van der Waals surface area contributed by atoms with Crippen LogP contribution in [-0.4, -0.2) is 32.4 Å². The summed E-state index contributed by atoms with van der Waals surface area (Å²) in [5, 5.41) is 0. The van der Waals surface area contributed by atoms with Crippen LogP contribution in [0.1, 0.15) is 33.6 Å². The molecule has 0 aromatic carbocycles. The van der Waals surface area contributed by atoms with E-state index in [1.807, 2.05) is 13.8 Å². The molecule has 0 rings (SSSR count). The van der Waals surface area contributed by atoms with Gasteiger partial charge in [-0.05, 0) is 19.8 Å². The highest BCUT2D eigenvalue weighted by molar-refractivity contribution is 7.48. The maximum absolute atomic E-state index is 12.1. The van der Waals surface area contributed by atoms with E-state index in [0.717, 1.165) is 0 Å². The van der Waals surface area contributed by atoms with Crippen molar-refractivity contribution in [1.29, 1.82) is 0 Å². The van der Waals surface area contributed by atoms with E-state index < -0.39 is 13.8 Å². The lowest BCUT2D eigenvalue weighted by atomic mass is 10.4. The van der Waals surface area contributed by atoms with E-state index >= 15 is 0 Å². The van der Waals surface area contributed by atoms with Crippen molar-refractivity contribution < 1.29 is 27.7 Å². The van der Waals surface area contributed by atoms with E-state index in [9.17, 15) is 9.36 Å². The van der Waals surface area contributed by atoms with Gasteiger partial charge in [0.15, 0.2) is 0 Å². The third-order valence-electron chi connectivity index (χ3n) is 1.82. The van der Waals surface area contributed by atoms with Crippen molar-refractivity contribution in [2.45, 2.75) is 33.6 Å². The fourth-order valence-corrected chi connectivity index (χ4v) is 2.26. The Labute approximate surface area is 114 Å². The summed E-state index contributed by atoms with van der Waals surface area (Å²) in [6, 6.07) is 0. The molecule has 0 amide bonds. The molecule has 0 aliphatic heterocycles. The smallest absolute Gasteiger partial charge is 0.460 e. The van der Waals surface area contributed by atoms with Crippen molar-refractivity contribution in [1.82, 2.24) is 0 Å². The Bertz CT molecular complexity index is 316. The molecule has 19 heavy (non-hydrogen) atoms. The Morgan fingerprint density at radius 2 is 1.47 bits per heavy atom. The van der Waals surface area contributed by atoms with Crippen molar-refractivity contribution in [3.63, 3.8) is 0 Å². The maximum atomic E-state index is 12.1. The Kier molecular flexibility index (Phi) is 9.79. The molecule has 0 unspecified atom stereocenters. The topological polar surface area (TPSA) is 71.1 Å². The first-order valence-electron chi connectivity index (χ1n) is 6.31. The fourth-order valence-electron chi connectivity index (χ4n) is 0.925. The monoisotopic (exact) mass is 294 g/mol. The van der Waals surface area contributed by atoms with Gasteiger partial charge in [0.05, 0.1) is 19.8 Å². The summed E-state index contributed by atoms with van der Waals surface area (Å²) >= 11 is 0. The zero-order valence-corrected chi connectivity index (χ0v) is 12.7. The molecular formula is C12H23O6P. The average molecular weight is 294 g/mol. The van der Waals surface area contributed by atoms with Crippen LogP contribution in [0.15, 0.2) is 12.2 Å². The fraction of sp³-hybridized carbons (Fsp3) is 0.750. The second-order valence-electron chi connectivity index (χ2n) is 3.86. The number of hydrogen-bond donors (Lipinski definition) is 0. The number of ether oxygens (including phenoxy) is 1. The number of carbonyl (C=O) groups is 1. The van der Waals surface area contributed by atoms with E-state index in [2.05, 4.69) is 6.58 Å². The largest absolute Gasteiger partial charge is 0.474 e. The summed E-state index contributed by atoms with van der Waals surface area (Å²) in [4.78, 5) is 11.1. The zero-order valence-electron chi connectivity index (χ0n) is 11.8. The van der Waals surface area contributed by atoms with E-state index in [0.29, 0.717) is 18.4 Å². The number of phosphoric ester groups is 1. The summed E-state index contributed by atoms with van der Waals surface area (Å²) in [5.41, 5.74) is 0.299. The Balaban J connectivity index is 4.08. The summed E-state index contributed by atoms with van der Waals surface area (Å²) in [6.07, 6.45) is 1.40. The molecule has 0 atom stereocenters. The summed E-state index contributed by atoms with van der Waals surface area (Å²) in [7, 11) is -3.55. The quantitative estimate of drug-likeness (QED) is 0.252. The predicted molar refractivity (Wildman–Crippen MR) is 71.8 cm³/mol. The molecule has 0 heterocycles. The van der Waals surface area contributed by atoms with Gasteiger partial charge in [-0.15, -0.1) is 0 Å². The molecule has 0 aromatic rings. The normalized spacial score (nSPS) is 11.3. The van der Waals surface area contributed by atoms with Crippen LogP contribution in [-0.2, 0) is 27.7 Å². The molecule has 0 bridgehead atoms. The minimum absolute atomic E-state index is 0.0271. The van der Waals surface area contributed by atoms with E-state index in [1.54, 1.807) is 6.92 Å².